The summed E-state index contributed by atoms with van der Waals surface area (Å²) in [6, 6.07) is 11.6. The lowest BCUT2D eigenvalue weighted by molar-refractivity contribution is 0.884. The molecule has 0 aliphatic heterocycles. The van der Waals surface area contributed by atoms with Crippen molar-refractivity contribution in [1.82, 2.24) is 4.98 Å². The fourth-order valence-electron chi connectivity index (χ4n) is 1.58. The molecule has 0 radical (unpaired) electrons. The molecule has 1 heterocycles. The summed E-state index contributed by atoms with van der Waals surface area (Å²) < 4.78 is 0. The number of hydrogen-bond donors (Lipinski definition) is 1. The van der Waals surface area contributed by atoms with Crippen LogP contribution in [0.15, 0.2) is 42.6 Å². The van der Waals surface area contributed by atoms with Gasteiger partial charge >= 0.3 is 0 Å². The van der Waals surface area contributed by atoms with E-state index in [9.17, 15) is 0 Å². The van der Waals surface area contributed by atoms with Crippen molar-refractivity contribution in [3.63, 3.8) is 0 Å². The molecule has 1 unspecified atom stereocenters. The van der Waals surface area contributed by atoms with Crippen molar-refractivity contribution < 1.29 is 0 Å². The summed E-state index contributed by atoms with van der Waals surface area (Å²) in [6.07, 6.45) is 1.68. The highest BCUT2D eigenvalue weighted by atomic mass is 35.5. The van der Waals surface area contributed by atoms with Crippen LogP contribution in [0.3, 0.4) is 0 Å². The quantitative estimate of drug-likeness (QED) is 0.824. The molecule has 1 aromatic heterocycles. The summed E-state index contributed by atoms with van der Waals surface area (Å²) in [5.41, 5.74) is 2.12. The van der Waals surface area contributed by atoms with Crippen molar-refractivity contribution in [2.45, 2.75) is 13.0 Å². The molecule has 0 bridgehead atoms. The smallest absolute Gasteiger partial charge is 0.131 e. The molecule has 0 aliphatic carbocycles. The third-order valence-electron chi connectivity index (χ3n) is 2.48. The molecule has 4 heteroatoms. The zero-order valence-corrected chi connectivity index (χ0v) is 10.8. The molecule has 1 N–H and O–H groups in total. The average Bonchev–Trinajstić information content (AvgIpc) is 2.29. The van der Waals surface area contributed by atoms with Crippen LogP contribution >= 0.6 is 23.2 Å². The lowest BCUT2D eigenvalue weighted by Crippen LogP contribution is -2.06. The van der Waals surface area contributed by atoms with Gasteiger partial charge in [0.1, 0.15) is 5.15 Å². The van der Waals surface area contributed by atoms with E-state index in [1.807, 2.05) is 30.3 Å². The molecule has 1 aromatic carbocycles. The van der Waals surface area contributed by atoms with Gasteiger partial charge in [-0.2, -0.15) is 0 Å². The van der Waals surface area contributed by atoms with Gasteiger partial charge in [0.05, 0.1) is 0 Å². The maximum absolute atomic E-state index is 5.85. The molecule has 0 saturated heterocycles. The summed E-state index contributed by atoms with van der Waals surface area (Å²) >= 11 is 11.7. The number of benzene rings is 1. The molecular weight excluding hydrogens is 255 g/mol. The van der Waals surface area contributed by atoms with Gasteiger partial charge < -0.3 is 5.32 Å². The van der Waals surface area contributed by atoms with Gasteiger partial charge in [0.2, 0.25) is 0 Å². The normalized spacial score (nSPS) is 12.2. The van der Waals surface area contributed by atoms with Crippen LogP contribution in [0.1, 0.15) is 18.5 Å². The van der Waals surface area contributed by atoms with E-state index >= 15 is 0 Å². The van der Waals surface area contributed by atoms with E-state index in [1.54, 1.807) is 12.3 Å². The molecule has 2 aromatic rings. The van der Waals surface area contributed by atoms with Crippen LogP contribution in [0.5, 0.6) is 0 Å². The van der Waals surface area contributed by atoms with E-state index in [2.05, 4.69) is 17.2 Å². The summed E-state index contributed by atoms with van der Waals surface area (Å²) in [4.78, 5) is 3.94. The van der Waals surface area contributed by atoms with Crippen molar-refractivity contribution in [3.05, 3.63) is 58.3 Å². The SMILES string of the molecule is CC(Nc1ccnc(Cl)c1)c1ccc(Cl)cc1. The van der Waals surface area contributed by atoms with E-state index < -0.39 is 0 Å². The van der Waals surface area contributed by atoms with Crippen LogP contribution in [-0.4, -0.2) is 4.98 Å². The highest BCUT2D eigenvalue weighted by Gasteiger charge is 2.05. The summed E-state index contributed by atoms with van der Waals surface area (Å²) in [5.74, 6) is 0. The standard InChI is InChI=1S/C13H12Cl2N2/c1-9(10-2-4-11(14)5-3-10)17-12-6-7-16-13(15)8-12/h2-9H,1H3,(H,16,17). The van der Waals surface area contributed by atoms with Crippen LogP contribution < -0.4 is 5.32 Å². The zero-order valence-electron chi connectivity index (χ0n) is 9.32. The van der Waals surface area contributed by atoms with E-state index in [1.165, 1.54) is 5.56 Å². The van der Waals surface area contributed by atoms with E-state index in [-0.39, 0.29) is 6.04 Å². The highest BCUT2D eigenvalue weighted by molar-refractivity contribution is 6.30. The number of aromatic nitrogens is 1. The van der Waals surface area contributed by atoms with Crippen molar-refractivity contribution in [2.24, 2.45) is 0 Å². The van der Waals surface area contributed by atoms with Gasteiger partial charge in [0, 0.05) is 22.9 Å². The first kappa shape index (κ1) is 12.2. The first-order valence-corrected chi connectivity index (χ1v) is 6.04. The largest absolute Gasteiger partial charge is 0.378 e. The molecule has 2 nitrogen and oxygen atoms in total. The predicted octanol–water partition coefficient (Wildman–Crippen LogP) is 4.56. The molecule has 0 fully saturated rings. The van der Waals surface area contributed by atoms with Crippen LogP contribution in [0.2, 0.25) is 10.2 Å². The van der Waals surface area contributed by atoms with Crippen molar-refractivity contribution in [1.29, 1.82) is 0 Å². The van der Waals surface area contributed by atoms with Crippen molar-refractivity contribution in [3.8, 4) is 0 Å². The van der Waals surface area contributed by atoms with E-state index in [0.717, 1.165) is 10.7 Å². The second kappa shape index (κ2) is 5.39. The number of anilines is 1. The Morgan fingerprint density at radius 2 is 1.82 bits per heavy atom. The molecule has 0 spiro atoms. The topological polar surface area (TPSA) is 24.9 Å². The van der Waals surface area contributed by atoms with Crippen LogP contribution in [0, 0.1) is 0 Å². The Labute approximate surface area is 111 Å². The number of nitrogens with one attached hydrogen (secondary N) is 1. The van der Waals surface area contributed by atoms with Gasteiger partial charge in [-0.25, -0.2) is 4.98 Å². The lowest BCUT2D eigenvalue weighted by Gasteiger charge is -2.15. The van der Waals surface area contributed by atoms with Crippen molar-refractivity contribution in [2.75, 3.05) is 5.32 Å². The fraction of sp³-hybridized carbons (Fsp3) is 0.154. The van der Waals surface area contributed by atoms with E-state index in [0.29, 0.717) is 5.15 Å². The minimum absolute atomic E-state index is 0.186. The number of hydrogen-bond acceptors (Lipinski definition) is 2. The maximum atomic E-state index is 5.85. The third-order valence-corrected chi connectivity index (χ3v) is 2.94. The van der Waals surface area contributed by atoms with E-state index in [4.69, 9.17) is 23.2 Å². The molecule has 0 aliphatic rings. The van der Waals surface area contributed by atoms with Gasteiger partial charge in [-0.3, -0.25) is 0 Å². The van der Waals surface area contributed by atoms with Crippen molar-refractivity contribution >= 4 is 28.9 Å². The minimum Gasteiger partial charge on any atom is -0.378 e. The maximum Gasteiger partial charge on any atom is 0.131 e. The van der Waals surface area contributed by atoms with Gasteiger partial charge in [0.15, 0.2) is 0 Å². The fourth-order valence-corrected chi connectivity index (χ4v) is 1.88. The molecule has 0 saturated carbocycles. The summed E-state index contributed by atoms with van der Waals surface area (Å²) in [5, 5.41) is 4.58. The first-order chi connectivity index (χ1) is 8.15. The second-order valence-electron chi connectivity index (χ2n) is 3.78. The summed E-state index contributed by atoms with van der Waals surface area (Å²) in [6.45, 7) is 2.08. The number of nitrogens with zero attached hydrogens (tertiary/aromatic N) is 1. The molecule has 1 atom stereocenters. The van der Waals surface area contributed by atoms with Gasteiger partial charge in [-0.1, -0.05) is 35.3 Å². The number of halogens is 2. The Hall–Kier alpha value is -1.25. The Morgan fingerprint density at radius 3 is 2.47 bits per heavy atom. The van der Waals surface area contributed by atoms with Gasteiger partial charge in [-0.05, 0) is 36.8 Å². The zero-order chi connectivity index (χ0) is 12.3. The molecule has 88 valence electrons. The first-order valence-electron chi connectivity index (χ1n) is 5.29. The predicted molar refractivity (Wildman–Crippen MR) is 72.7 cm³/mol. The van der Waals surface area contributed by atoms with Crippen LogP contribution in [-0.2, 0) is 0 Å². The minimum atomic E-state index is 0.186. The lowest BCUT2D eigenvalue weighted by atomic mass is 10.1. The molecule has 0 amide bonds. The van der Waals surface area contributed by atoms with Gasteiger partial charge in [0.25, 0.3) is 0 Å². The average molecular weight is 267 g/mol. The van der Waals surface area contributed by atoms with Crippen LogP contribution in [0.25, 0.3) is 0 Å². The van der Waals surface area contributed by atoms with Crippen LogP contribution in [0.4, 0.5) is 5.69 Å². The monoisotopic (exact) mass is 266 g/mol. The Kier molecular flexibility index (Phi) is 3.87. The number of rotatable bonds is 3. The Bertz CT molecular complexity index is 497. The Morgan fingerprint density at radius 1 is 1.12 bits per heavy atom. The van der Waals surface area contributed by atoms with Gasteiger partial charge in [-0.15, -0.1) is 0 Å². The second-order valence-corrected chi connectivity index (χ2v) is 4.61. The summed E-state index contributed by atoms with van der Waals surface area (Å²) in [7, 11) is 0. The Balaban J connectivity index is 2.11. The highest BCUT2D eigenvalue weighted by Crippen LogP contribution is 2.21. The molecule has 17 heavy (non-hydrogen) atoms. The number of pyridine rings is 1. The molecule has 2 rings (SSSR count). The molecular formula is C13H12Cl2N2. The third kappa shape index (κ3) is 3.35.